The highest BCUT2D eigenvalue weighted by Crippen LogP contribution is 2.54. The van der Waals surface area contributed by atoms with Crippen LogP contribution in [-0.2, 0) is 0 Å². The quantitative estimate of drug-likeness (QED) is 0.168. The molecule has 0 fully saturated rings. The minimum atomic E-state index is 1.20. The topological polar surface area (TPSA) is 6.48 Å². The van der Waals surface area contributed by atoms with Gasteiger partial charge in [0.05, 0.1) is 0 Å². The lowest BCUT2D eigenvalue weighted by atomic mass is 9.94. The van der Waals surface area contributed by atoms with Gasteiger partial charge in [0.2, 0.25) is 0 Å². The maximum Gasteiger partial charge on any atom is 0.116 e. The normalized spacial score (nSPS) is 17.0. The van der Waals surface area contributed by atoms with E-state index >= 15 is 0 Å². The van der Waals surface area contributed by atoms with Crippen LogP contribution in [0.25, 0.3) is 64.6 Å². The van der Waals surface area contributed by atoms with Crippen LogP contribution in [0, 0.1) is 0 Å². The summed E-state index contributed by atoms with van der Waals surface area (Å²) < 4.78 is 0. The summed E-state index contributed by atoms with van der Waals surface area (Å²) in [4.78, 5) is 7.65. The second kappa shape index (κ2) is 11.2. The highest BCUT2D eigenvalue weighted by molar-refractivity contribution is 8.10. The maximum atomic E-state index is 2.49. The zero-order valence-electron chi connectivity index (χ0n) is 28.4. The average Bonchev–Trinajstić information content (AvgIpc) is 3.64. The van der Waals surface area contributed by atoms with Crippen LogP contribution in [-0.4, -0.2) is 0 Å². The third-order valence-corrected chi connectivity index (χ3v) is 13.2. The van der Waals surface area contributed by atoms with Crippen molar-refractivity contribution in [3.05, 3.63) is 165 Å². The van der Waals surface area contributed by atoms with Gasteiger partial charge in [0.1, 0.15) is 10.1 Å². The fourth-order valence-electron chi connectivity index (χ4n) is 8.12. The Balaban J connectivity index is 1.18. The van der Waals surface area contributed by atoms with Gasteiger partial charge in [-0.3, -0.25) is 0 Å². The maximum absolute atomic E-state index is 2.49. The third kappa shape index (κ3) is 4.25. The molecule has 0 spiro atoms. The first kappa shape index (κ1) is 29.7. The predicted octanol–water partition coefficient (Wildman–Crippen LogP) is 14.0. The zero-order chi connectivity index (χ0) is 33.7. The first-order valence-electron chi connectivity index (χ1n) is 17.2. The van der Waals surface area contributed by atoms with Crippen LogP contribution in [0.1, 0.15) is 27.7 Å². The fraction of sp³-hybridized carbons (Fsp3) is 0.0870. The van der Waals surface area contributed by atoms with Crippen LogP contribution in [0.4, 0.5) is 11.4 Å². The number of fused-ring (bicyclic) bond motifs is 12. The fourth-order valence-corrected chi connectivity index (χ4v) is 10.5. The van der Waals surface area contributed by atoms with Gasteiger partial charge in [-0.15, -0.1) is 0 Å². The van der Waals surface area contributed by atoms with Crippen LogP contribution in [0.3, 0.4) is 0 Å². The molecule has 0 aromatic heterocycles. The Bertz CT molecular complexity index is 2610. The van der Waals surface area contributed by atoms with Crippen molar-refractivity contribution < 1.29 is 0 Å². The lowest BCUT2D eigenvalue weighted by Crippen LogP contribution is -2.22. The number of allylic oxidation sites excluding steroid dienone is 4. The molecule has 0 saturated carbocycles. The molecule has 0 aliphatic carbocycles. The Hall–Kier alpha value is -5.16. The van der Waals surface area contributed by atoms with E-state index in [1.54, 1.807) is 0 Å². The summed E-state index contributed by atoms with van der Waals surface area (Å²) in [6.07, 6.45) is 0. The summed E-state index contributed by atoms with van der Waals surface area (Å²) in [6.45, 7) is 9.05. The van der Waals surface area contributed by atoms with E-state index in [1.807, 2.05) is 23.5 Å². The van der Waals surface area contributed by atoms with Crippen molar-refractivity contribution in [1.29, 1.82) is 0 Å². The van der Waals surface area contributed by atoms with Gasteiger partial charge < -0.3 is 9.80 Å². The van der Waals surface area contributed by atoms with Crippen molar-refractivity contribution in [2.24, 2.45) is 0 Å². The lowest BCUT2D eigenvalue weighted by Gasteiger charge is -2.29. The van der Waals surface area contributed by atoms with Crippen molar-refractivity contribution >= 4 is 99.5 Å². The number of hydrogen-bond acceptors (Lipinski definition) is 4. The summed E-state index contributed by atoms with van der Waals surface area (Å²) in [5.41, 5.74) is 4.95. The van der Waals surface area contributed by atoms with E-state index in [-0.39, 0.29) is 0 Å². The van der Waals surface area contributed by atoms with Crippen molar-refractivity contribution in [1.82, 2.24) is 0 Å². The lowest BCUT2D eigenvalue weighted by molar-refractivity contribution is 1.09. The Kier molecular flexibility index (Phi) is 6.65. The van der Waals surface area contributed by atoms with Gasteiger partial charge in [0.15, 0.2) is 0 Å². The van der Waals surface area contributed by atoms with E-state index in [1.165, 1.54) is 107 Å². The van der Waals surface area contributed by atoms with Crippen molar-refractivity contribution in [2.45, 2.75) is 27.7 Å². The summed E-state index contributed by atoms with van der Waals surface area (Å²) in [5, 5.41) is 18.1. The molecule has 0 N–H and O–H groups in total. The molecular formula is C46H34N2S2. The molecule has 10 rings (SSSR count). The molecule has 4 heteroatoms. The minimum absolute atomic E-state index is 1.20. The number of hydrogen-bond donors (Lipinski definition) is 0. The molecule has 240 valence electrons. The van der Waals surface area contributed by atoms with Gasteiger partial charge in [-0.2, -0.15) is 0 Å². The number of anilines is 2. The van der Waals surface area contributed by atoms with Crippen LogP contribution >= 0.6 is 23.5 Å². The van der Waals surface area contributed by atoms with E-state index in [0.29, 0.717) is 0 Å². The number of benzene rings is 8. The molecule has 2 aliphatic heterocycles. The van der Waals surface area contributed by atoms with Crippen molar-refractivity contribution in [3.63, 3.8) is 0 Å². The molecule has 2 heterocycles. The molecule has 0 radical (unpaired) electrons. The van der Waals surface area contributed by atoms with E-state index in [0.717, 1.165) is 0 Å². The average molecular weight is 679 g/mol. The second-order valence-corrected chi connectivity index (χ2v) is 15.8. The smallest absolute Gasteiger partial charge is 0.116 e. The highest BCUT2D eigenvalue weighted by atomic mass is 32.2. The molecule has 0 bridgehead atoms. The summed E-state index contributed by atoms with van der Waals surface area (Å²) in [7, 11) is 0. The van der Waals surface area contributed by atoms with E-state index in [2.05, 4.69) is 171 Å². The molecular weight excluding hydrogens is 645 g/mol. The molecule has 8 aromatic rings. The van der Waals surface area contributed by atoms with E-state index in [9.17, 15) is 0 Å². The molecule has 0 amide bonds. The molecule has 2 aliphatic rings. The van der Waals surface area contributed by atoms with E-state index < -0.39 is 0 Å². The van der Waals surface area contributed by atoms with Crippen molar-refractivity contribution in [3.8, 4) is 0 Å². The van der Waals surface area contributed by atoms with Gasteiger partial charge in [0, 0.05) is 32.6 Å². The number of rotatable bonds is 2. The van der Waals surface area contributed by atoms with E-state index in [4.69, 9.17) is 0 Å². The first-order valence-corrected chi connectivity index (χ1v) is 18.8. The Morgan fingerprint density at radius 1 is 0.320 bits per heavy atom. The standard InChI is InChI=1S/C46H34N2S2/c1-27-29(3)49-45(47(27)31-21-23-41-37-17-7-5-13-33(37)35-15-9-11-19-39(35)43(41)25-31)46-48(28(2)30(4)50-46)32-22-24-42-38-18-8-6-14-34(38)36-16-10-12-20-40(36)44(42)26-32/h5-26H,1-4H3/b46-45+. The number of nitrogens with zero attached hydrogens (tertiary/aromatic N) is 2. The summed E-state index contributed by atoms with van der Waals surface area (Å²) in [5.74, 6) is 0. The molecule has 50 heavy (non-hydrogen) atoms. The van der Waals surface area contributed by atoms with Crippen LogP contribution < -0.4 is 9.80 Å². The second-order valence-electron chi connectivity index (χ2n) is 13.4. The highest BCUT2D eigenvalue weighted by Gasteiger charge is 2.35. The van der Waals surface area contributed by atoms with Crippen LogP contribution in [0.5, 0.6) is 0 Å². The van der Waals surface area contributed by atoms with Crippen molar-refractivity contribution in [2.75, 3.05) is 9.80 Å². The minimum Gasteiger partial charge on any atom is -0.306 e. The Labute approximate surface area is 300 Å². The molecule has 8 aromatic carbocycles. The number of thioether (sulfide) groups is 2. The molecule has 2 nitrogen and oxygen atoms in total. The van der Waals surface area contributed by atoms with Gasteiger partial charge in [-0.1, -0.05) is 133 Å². The predicted molar refractivity (Wildman–Crippen MR) is 222 cm³/mol. The van der Waals surface area contributed by atoms with Crippen LogP contribution in [0.2, 0.25) is 0 Å². The van der Waals surface area contributed by atoms with Gasteiger partial charge in [-0.25, -0.2) is 0 Å². The molecule has 0 atom stereocenters. The Morgan fingerprint density at radius 2 is 0.580 bits per heavy atom. The SMILES string of the molecule is CC1=C(C)N(c2ccc3c4ccccc4c4ccccc4c3c2)/C(=C2\SC(C)=C(C)N2c2ccc3c4ccccc4c4ccccc4c3c2)S1. The largest absolute Gasteiger partial charge is 0.306 e. The Morgan fingerprint density at radius 3 is 0.880 bits per heavy atom. The van der Waals surface area contributed by atoms with Crippen LogP contribution in [0.15, 0.2) is 165 Å². The molecule has 0 saturated heterocycles. The first-order chi connectivity index (χ1) is 24.5. The summed E-state index contributed by atoms with van der Waals surface area (Å²) in [6, 6.07) is 49.5. The van der Waals surface area contributed by atoms with Gasteiger partial charge in [0.25, 0.3) is 0 Å². The molecule has 0 unspecified atom stereocenters. The van der Waals surface area contributed by atoms with Gasteiger partial charge >= 0.3 is 0 Å². The van der Waals surface area contributed by atoms with Gasteiger partial charge in [-0.05, 0) is 117 Å². The monoisotopic (exact) mass is 678 g/mol. The zero-order valence-corrected chi connectivity index (χ0v) is 30.0. The summed E-state index contributed by atoms with van der Waals surface area (Å²) >= 11 is 3.78. The third-order valence-electron chi connectivity index (χ3n) is 10.8.